The van der Waals surface area contributed by atoms with Crippen LogP contribution < -0.4 is 10.6 Å². The summed E-state index contributed by atoms with van der Waals surface area (Å²) in [4.78, 5) is 12.0. The van der Waals surface area contributed by atoms with E-state index < -0.39 is 0 Å². The molecule has 22 heavy (non-hydrogen) atoms. The van der Waals surface area contributed by atoms with Gasteiger partial charge in [-0.25, -0.2) is 0 Å². The number of amides is 1. The Kier molecular flexibility index (Phi) is 9.13. The molecule has 4 nitrogen and oxygen atoms in total. The summed E-state index contributed by atoms with van der Waals surface area (Å²) in [6, 6.07) is 8.13. The highest BCUT2D eigenvalue weighted by Gasteiger charge is 2.16. The number of carbonyl (C=O) groups is 1. The summed E-state index contributed by atoms with van der Waals surface area (Å²) in [5, 5.41) is 6.38. The second-order valence-corrected chi connectivity index (χ2v) is 5.58. The molecule has 5 heteroatoms. The van der Waals surface area contributed by atoms with E-state index in [2.05, 4.69) is 22.8 Å². The van der Waals surface area contributed by atoms with Crippen LogP contribution in [0.3, 0.4) is 0 Å². The normalized spacial score (nSPS) is 15.1. The first-order valence-corrected chi connectivity index (χ1v) is 7.91. The first kappa shape index (κ1) is 18.9. The van der Waals surface area contributed by atoms with Crippen molar-refractivity contribution in [2.75, 3.05) is 19.7 Å². The van der Waals surface area contributed by atoms with E-state index in [9.17, 15) is 4.79 Å². The minimum atomic E-state index is 0. The van der Waals surface area contributed by atoms with E-state index in [1.807, 2.05) is 19.1 Å². The Bertz CT molecular complexity index is 448. The van der Waals surface area contributed by atoms with Crippen molar-refractivity contribution in [1.82, 2.24) is 10.6 Å². The van der Waals surface area contributed by atoms with Crippen molar-refractivity contribution >= 4 is 18.3 Å². The number of nitrogens with one attached hydrogen (secondary N) is 2. The topological polar surface area (TPSA) is 50.4 Å². The lowest BCUT2D eigenvalue weighted by Crippen LogP contribution is -2.32. The molecule has 0 aliphatic carbocycles. The molecule has 1 aromatic rings. The minimum Gasteiger partial charge on any atom is -0.377 e. The summed E-state index contributed by atoms with van der Waals surface area (Å²) in [5.74, 6) is 0.693. The monoisotopic (exact) mass is 326 g/mol. The summed E-state index contributed by atoms with van der Waals surface area (Å²) in [7, 11) is 0. The summed E-state index contributed by atoms with van der Waals surface area (Å²) < 4.78 is 5.47. The van der Waals surface area contributed by atoms with Gasteiger partial charge in [0.05, 0.1) is 6.61 Å². The van der Waals surface area contributed by atoms with Crippen molar-refractivity contribution in [2.45, 2.75) is 39.3 Å². The standard InChI is InChI=1S/C17H26N2O2.ClH/c1-2-21-13-16-6-4-3-5-15(16)12-19-17(20)11-14-7-9-18-10-8-14;/h3-6,14,18H,2,7-13H2,1H3,(H,19,20);1H. The molecule has 0 radical (unpaired) electrons. The van der Waals surface area contributed by atoms with Crippen LogP contribution in [0.15, 0.2) is 24.3 Å². The molecule has 0 spiro atoms. The van der Waals surface area contributed by atoms with Crippen LogP contribution >= 0.6 is 12.4 Å². The lowest BCUT2D eigenvalue weighted by atomic mass is 9.94. The molecule has 1 amide bonds. The molecular weight excluding hydrogens is 300 g/mol. The van der Waals surface area contributed by atoms with Crippen LogP contribution in [0.5, 0.6) is 0 Å². The van der Waals surface area contributed by atoms with Crippen molar-refractivity contribution in [1.29, 1.82) is 0 Å². The number of hydrogen-bond acceptors (Lipinski definition) is 3. The maximum Gasteiger partial charge on any atom is 0.220 e. The maximum absolute atomic E-state index is 12.0. The van der Waals surface area contributed by atoms with Gasteiger partial charge in [-0.05, 0) is 49.9 Å². The molecule has 0 aromatic heterocycles. The van der Waals surface area contributed by atoms with Gasteiger partial charge in [0.2, 0.25) is 5.91 Å². The number of hydrogen-bond donors (Lipinski definition) is 2. The molecule has 0 atom stereocenters. The number of ether oxygens (including phenoxy) is 1. The lowest BCUT2D eigenvalue weighted by molar-refractivity contribution is -0.122. The van der Waals surface area contributed by atoms with Gasteiger partial charge in [0.25, 0.3) is 0 Å². The van der Waals surface area contributed by atoms with Gasteiger partial charge in [0.1, 0.15) is 0 Å². The second kappa shape index (κ2) is 10.6. The zero-order valence-corrected chi connectivity index (χ0v) is 14.1. The molecule has 1 heterocycles. The van der Waals surface area contributed by atoms with Crippen LogP contribution in [-0.2, 0) is 22.7 Å². The van der Waals surface area contributed by atoms with Gasteiger partial charge in [-0.3, -0.25) is 4.79 Å². The molecule has 1 fully saturated rings. The predicted molar refractivity (Wildman–Crippen MR) is 91.1 cm³/mol. The first-order chi connectivity index (χ1) is 10.3. The number of piperidine rings is 1. The Morgan fingerprint density at radius 2 is 1.95 bits per heavy atom. The van der Waals surface area contributed by atoms with Crippen molar-refractivity contribution < 1.29 is 9.53 Å². The van der Waals surface area contributed by atoms with Crippen LogP contribution in [0, 0.1) is 5.92 Å². The van der Waals surface area contributed by atoms with Crippen LogP contribution in [0.25, 0.3) is 0 Å². The highest BCUT2D eigenvalue weighted by Crippen LogP contribution is 2.16. The van der Waals surface area contributed by atoms with E-state index in [1.54, 1.807) is 0 Å². The third-order valence-electron chi connectivity index (χ3n) is 3.99. The highest BCUT2D eigenvalue weighted by molar-refractivity contribution is 5.85. The third kappa shape index (κ3) is 6.34. The van der Waals surface area contributed by atoms with Crippen LogP contribution in [0.1, 0.15) is 37.3 Å². The van der Waals surface area contributed by atoms with Gasteiger partial charge in [0.15, 0.2) is 0 Å². The largest absolute Gasteiger partial charge is 0.377 e. The molecule has 0 saturated carbocycles. The van der Waals surface area contributed by atoms with E-state index in [0.717, 1.165) is 37.1 Å². The SMILES string of the molecule is CCOCc1ccccc1CNC(=O)CC1CCNCC1.Cl. The van der Waals surface area contributed by atoms with E-state index in [0.29, 0.717) is 32.1 Å². The van der Waals surface area contributed by atoms with Gasteiger partial charge in [-0.15, -0.1) is 12.4 Å². The molecule has 2 rings (SSSR count). The van der Waals surface area contributed by atoms with Gasteiger partial charge in [0, 0.05) is 19.6 Å². The average molecular weight is 327 g/mol. The van der Waals surface area contributed by atoms with Crippen molar-refractivity contribution in [2.24, 2.45) is 5.92 Å². The van der Waals surface area contributed by atoms with Gasteiger partial charge in [-0.2, -0.15) is 0 Å². The predicted octanol–water partition coefficient (Wildman–Crippen LogP) is 2.65. The third-order valence-corrected chi connectivity index (χ3v) is 3.99. The Balaban J connectivity index is 0.00000242. The fourth-order valence-electron chi connectivity index (χ4n) is 2.70. The molecule has 1 saturated heterocycles. The Hall–Kier alpha value is -1.10. The average Bonchev–Trinajstić information content (AvgIpc) is 2.52. The fraction of sp³-hybridized carbons (Fsp3) is 0.588. The quantitative estimate of drug-likeness (QED) is 0.810. The lowest BCUT2D eigenvalue weighted by Gasteiger charge is -2.22. The van der Waals surface area contributed by atoms with E-state index in [1.165, 1.54) is 0 Å². The summed E-state index contributed by atoms with van der Waals surface area (Å²) in [6.07, 6.45) is 2.86. The summed E-state index contributed by atoms with van der Waals surface area (Å²) in [5.41, 5.74) is 2.30. The zero-order valence-electron chi connectivity index (χ0n) is 13.3. The summed E-state index contributed by atoms with van der Waals surface area (Å²) in [6.45, 7) is 5.97. The number of benzene rings is 1. The number of rotatable bonds is 7. The smallest absolute Gasteiger partial charge is 0.220 e. The Labute approximate surface area is 139 Å². The Morgan fingerprint density at radius 1 is 1.27 bits per heavy atom. The number of carbonyl (C=O) groups excluding carboxylic acids is 1. The molecule has 1 aliphatic heterocycles. The van der Waals surface area contributed by atoms with E-state index in [-0.39, 0.29) is 18.3 Å². The number of halogens is 1. The van der Waals surface area contributed by atoms with Gasteiger partial charge < -0.3 is 15.4 Å². The van der Waals surface area contributed by atoms with E-state index >= 15 is 0 Å². The van der Waals surface area contributed by atoms with Crippen molar-refractivity contribution in [3.05, 3.63) is 35.4 Å². The minimum absolute atomic E-state index is 0. The van der Waals surface area contributed by atoms with Gasteiger partial charge in [-0.1, -0.05) is 24.3 Å². The molecule has 2 N–H and O–H groups in total. The molecule has 0 unspecified atom stereocenters. The van der Waals surface area contributed by atoms with Crippen LogP contribution in [0.2, 0.25) is 0 Å². The fourth-order valence-corrected chi connectivity index (χ4v) is 2.70. The first-order valence-electron chi connectivity index (χ1n) is 7.91. The zero-order chi connectivity index (χ0) is 14.9. The van der Waals surface area contributed by atoms with E-state index in [4.69, 9.17) is 4.74 Å². The second-order valence-electron chi connectivity index (χ2n) is 5.58. The van der Waals surface area contributed by atoms with Gasteiger partial charge >= 0.3 is 0 Å². The van der Waals surface area contributed by atoms with Crippen molar-refractivity contribution in [3.8, 4) is 0 Å². The molecule has 124 valence electrons. The summed E-state index contributed by atoms with van der Waals surface area (Å²) >= 11 is 0. The van der Waals surface area contributed by atoms with Crippen LogP contribution in [0.4, 0.5) is 0 Å². The highest BCUT2D eigenvalue weighted by atomic mass is 35.5. The molecule has 1 aliphatic rings. The molecular formula is C17H27ClN2O2. The van der Waals surface area contributed by atoms with Crippen LogP contribution in [-0.4, -0.2) is 25.6 Å². The molecule has 1 aromatic carbocycles. The maximum atomic E-state index is 12.0. The molecule has 0 bridgehead atoms. The Morgan fingerprint density at radius 3 is 2.64 bits per heavy atom. The van der Waals surface area contributed by atoms with Crippen molar-refractivity contribution in [3.63, 3.8) is 0 Å².